The predicted molar refractivity (Wildman–Crippen MR) is 70.7 cm³/mol. The Balaban J connectivity index is 1.59. The van der Waals surface area contributed by atoms with E-state index in [0.717, 1.165) is 0 Å². The van der Waals surface area contributed by atoms with Crippen molar-refractivity contribution in [3.05, 3.63) is 0 Å². The summed E-state index contributed by atoms with van der Waals surface area (Å²) in [6, 6.07) is 0. The summed E-state index contributed by atoms with van der Waals surface area (Å²) in [5.41, 5.74) is 0. The van der Waals surface area contributed by atoms with Crippen molar-refractivity contribution in [3.63, 3.8) is 0 Å². The molecule has 0 aromatic heterocycles. The smallest absolute Gasteiger partial charge is 0.319 e. The fourth-order valence-electron chi connectivity index (χ4n) is 2.05. The lowest BCUT2D eigenvalue weighted by atomic mass is 10.4. The van der Waals surface area contributed by atoms with E-state index in [2.05, 4.69) is 0 Å². The van der Waals surface area contributed by atoms with Gasteiger partial charge in [0, 0.05) is 0 Å². The van der Waals surface area contributed by atoms with Crippen LogP contribution in [-0.2, 0) is 32.6 Å². The standard InChI is InChI=1S/C12H23O7P/c1-11(2)14-5-9(18-11)7-16-20(13)17-8-10-6-15-12(3,4)19-10/h9-10,20H,5-8H2,1-4H3. The lowest BCUT2D eigenvalue weighted by Gasteiger charge is -2.17. The molecule has 0 spiro atoms. The quantitative estimate of drug-likeness (QED) is 0.691. The van der Waals surface area contributed by atoms with Crippen molar-refractivity contribution in [3.8, 4) is 0 Å². The van der Waals surface area contributed by atoms with Gasteiger partial charge in [0.1, 0.15) is 12.2 Å². The largest absolute Gasteiger partial charge is 0.348 e. The van der Waals surface area contributed by atoms with Crippen molar-refractivity contribution < 1.29 is 32.6 Å². The summed E-state index contributed by atoms with van der Waals surface area (Å²) in [5, 5.41) is 0. The lowest BCUT2D eigenvalue weighted by molar-refractivity contribution is -0.142. The molecule has 2 unspecified atom stereocenters. The van der Waals surface area contributed by atoms with E-state index < -0.39 is 19.8 Å². The van der Waals surface area contributed by atoms with Gasteiger partial charge in [-0.05, 0) is 27.7 Å². The van der Waals surface area contributed by atoms with Gasteiger partial charge < -0.3 is 28.0 Å². The molecule has 8 heteroatoms. The number of ether oxygens (including phenoxy) is 4. The topological polar surface area (TPSA) is 72.5 Å². The first-order chi connectivity index (χ1) is 9.26. The van der Waals surface area contributed by atoms with Gasteiger partial charge in [-0.3, -0.25) is 4.57 Å². The van der Waals surface area contributed by atoms with Crippen molar-refractivity contribution >= 4 is 8.25 Å². The van der Waals surface area contributed by atoms with Crippen LogP contribution in [0.4, 0.5) is 0 Å². The fourth-order valence-corrected chi connectivity index (χ4v) is 2.78. The second-order valence-corrected chi connectivity index (χ2v) is 6.85. The maximum absolute atomic E-state index is 11.6. The molecule has 0 radical (unpaired) electrons. The van der Waals surface area contributed by atoms with Gasteiger partial charge in [-0.1, -0.05) is 0 Å². The highest BCUT2D eigenvalue weighted by atomic mass is 31.1. The molecule has 0 saturated carbocycles. The summed E-state index contributed by atoms with van der Waals surface area (Å²) < 4.78 is 43.8. The predicted octanol–water partition coefficient (Wildman–Crippen LogP) is 1.71. The van der Waals surface area contributed by atoms with Crippen molar-refractivity contribution in [1.29, 1.82) is 0 Å². The summed E-state index contributed by atoms with van der Waals surface area (Å²) in [5.74, 6) is -1.21. The first-order valence-corrected chi connectivity index (χ1v) is 7.91. The monoisotopic (exact) mass is 310 g/mol. The van der Waals surface area contributed by atoms with Gasteiger partial charge in [0.25, 0.3) is 0 Å². The van der Waals surface area contributed by atoms with Crippen LogP contribution in [0.25, 0.3) is 0 Å². The summed E-state index contributed by atoms with van der Waals surface area (Å²) in [6.45, 7) is 8.53. The Morgan fingerprint density at radius 2 is 1.35 bits per heavy atom. The molecule has 0 aromatic rings. The van der Waals surface area contributed by atoms with Crippen LogP contribution in [0, 0.1) is 0 Å². The maximum atomic E-state index is 11.6. The first-order valence-electron chi connectivity index (χ1n) is 6.69. The third-order valence-corrected chi connectivity index (χ3v) is 3.71. The minimum atomic E-state index is -2.56. The molecule has 0 bridgehead atoms. The van der Waals surface area contributed by atoms with Crippen LogP contribution in [0.1, 0.15) is 27.7 Å². The Morgan fingerprint density at radius 3 is 1.65 bits per heavy atom. The summed E-state index contributed by atoms with van der Waals surface area (Å²) in [6.07, 6.45) is -0.430. The van der Waals surface area contributed by atoms with Gasteiger partial charge in [0.05, 0.1) is 26.4 Å². The first kappa shape index (κ1) is 16.4. The Labute approximate surface area is 119 Å². The summed E-state index contributed by atoms with van der Waals surface area (Å²) >= 11 is 0. The highest BCUT2D eigenvalue weighted by molar-refractivity contribution is 7.33. The molecule has 118 valence electrons. The van der Waals surface area contributed by atoms with Crippen LogP contribution in [0.5, 0.6) is 0 Å². The zero-order valence-electron chi connectivity index (χ0n) is 12.3. The minimum Gasteiger partial charge on any atom is -0.348 e. The zero-order chi connectivity index (χ0) is 14.8. The Bertz CT molecular complexity index is 326. The molecule has 2 aliphatic rings. The average molecular weight is 310 g/mol. The van der Waals surface area contributed by atoms with Crippen LogP contribution in [0.3, 0.4) is 0 Å². The normalized spacial score (nSPS) is 33.4. The van der Waals surface area contributed by atoms with Crippen molar-refractivity contribution in [2.75, 3.05) is 26.4 Å². The summed E-state index contributed by atoms with van der Waals surface area (Å²) in [4.78, 5) is 0. The fraction of sp³-hybridized carbons (Fsp3) is 1.00. The van der Waals surface area contributed by atoms with Gasteiger partial charge in [-0.25, -0.2) is 0 Å². The van der Waals surface area contributed by atoms with Crippen LogP contribution in [0.2, 0.25) is 0 Å². The molecule has 20 heavy (non-hydrogen) atoms. The van der Waals surface area contributed by atoms with E-state index in [0.29, 0.717) is 13.2 Å². The van der Waals surface area contributed by atoms with E-state index in [4.69, 9.17) is 28.0 Å². The van der Waals surface area contributed by atoms with Crippen LogP contribution >= 0.6 is 8.25 Å². The third kappa shape index (κ3) is 5.07. The molecular weight excluding hydrogens is 287 g/mol. The van der Waals surface area contributed by atoms with Gasteiger partial charge in [0.15, 0.2) is 11.6 Å². The van der Waals surface area contributed by atoms with E-state index in [9.17, 15) is 4.57 Å². The minimum absolute atomic E-state index is 0.189. The SMILES string of the molecule is CC1(C)OCC(CO[PH](=O)OCC2COC(C)(C)O2)O1. The van der Waals surface area contributed by atoms with E-state index in [1.54, 1.807) is 0 Å². The second-order valence-electron chi connectivity index (χ2n) is 5.77. The highest BCUT2D eigenvalue weighted by Crippen LogP contribution is 2.30. The molecule has 2 fully saturated rings. The van der Waals surface area contributed by atoms with Gasteiger partial charge in [-0.15, -0.1) is 0 Å². The average Bonchev–Trinajstić information content (AvgIpc) is 2.86. The Hall–Kier alpha value is -0.0100. The zero-order valence-corrected chi connectivity index (χ0v) is 13.3. The van der Waals surface area contributed by atoms with E-state index in [1.807, 2.05) is 27.7 Å². The molecule has 2 atom stereocenters. The van der Waals surface area contributed by atoms with Gasteiger partial charge in [0.2, 0.25) is 0 Å². The molecule has 0 aromatic carbocycles. The Kier molecular flexibility index (Phi) is 5.24. The molecule has 0 aliphatic carbocycles. The molecule has 0 N–H and O–H groups in total. The van der Waals surface area contributed by atoms with Crippen molar-refractivity contribution in [1.82, 2.24) is 0 Å². The maximum Gasteiger partial charge on any atom is 0.319 e. The number of hydrogen-bond donors (Lipinski definition) is 0. The van der Waals surface area contributed by atoms with Gasteiger partial charge in [-0.2, -0.15) is 0 Å². The molecular formula is C12H23O7P. The molecule has 2 saturated heterocycles. The van der Waals surface area contributed by atoms with Crippen molar-refractivity contribution in [2.45, 2.75) is 51.5 Å². The molecule has 7 nitrogen and oxygen atoms in total. The molecule has 0 amide bonds. The molecule has 2 rings (SSSR count). The summed E-state index contributed by atoms with van der Waals surface area (Å²) in [7, 11) is -2.56. The van der Waals surface area contributed by atoms with Gasteiger partial charge >= 0.3 is 8.25 Å². The van der Waals surface area contributed by atoms with Crippen LogP contribution in [-0.4, -0.2) is 50.2 Å². The lowest BCUT2D eigenvalue weighted by Crippen LogP contribution is -2.24. The third-order valence-electron chi connectivity index (χ3n) is 2.91. The van der Waals surface area contributed by atoms with Crippen LogP contribution in [0.15, 0.2) is 0 Å². The number of hydrogen-bond acceptors (Lipinski definition) is 7. The highest BCUT2D eigenvalue weighted by Gasteiger charge is 2.34. The van der Waals surface area contributed by atoms with E-state index in [-0.39, 0.29) is 25.4 Å². The van der Waals surface area contributed by atoms with Crippen LogP contribution < -0.4 is 0 Å². The Morgan fingerprint density at radius 1 is 0.950 bits per heavy atom. The molecule has 2 aliphatic heterocycles. The van der Waals surface area contributed by atoms with E-state index in [1.165, 1.54) is 0 Å². The second kappa shape index (κ2) is 6.40. The van der Waals surface area contributed by atoms with E-state index >= 15 is 0 Å². The number of rotatable bonds is 6. The molecule has 2 heterocycles. The van der Waals surface area contributed by atoms with Crippen molar-refractivity contribution in [2.24, 2.45) is 0 Å².